The summed E-state index contributed by atoms with van der Waals surface area (Å²) in [6.45, 7) is 9.52. The molecule has 4 heterocycles. The van der Waals surface area contributed by atoms with Gasteiger partial charge in [0.05, 0.1) is 31.2 Å². The number of amides is 3. The second kappa shape index (κ2) is 17.4. The van der Waals surface area contributed by atoms with Crippen LogP contribution in [0.4, 0.5) is 11.4 Å². The predicted octanol–water partition coefficient (Wildman–Crippen LogP) is 4.91. The number of allylic oxidation sites excluding steroid dienone is 1. The van der Waals surface area contributed by atoms with Crippen molar-refractivity contribution in [2.75, 3.05) is 49.8 Å². The van der Waals surface area contributed by atoms with Gasteiger partial charge in [0.1, 0.15) is 29.8 Å². The van der Waals surface area contributed by atoms with E-state index in [4.69, 9.17) is 14.2 Å². The third kappa shape index (κ3) is 7.60. The molecule has 4 aliphatic rings. The number of anilines is 2. The second-order valence-corrected chi connectivity index (χ2v) is 15.7. The van der Waals surface area contributed by atoms with Crippen molar-refractivity contribution in [1.29, 1.82) is 0 Å². The third-order valence-corrected chi connectivity index (χ3v) is 12.4. The first-order valence-electron chi connectivity index (χ1n) is 19.4. The number of aliphatic hydroxyl groups is 1. The van der Waals surface area contributed by atoms with E-state index in [1.165, 1.54) is 12.0 Å². The molecule has 55 heavy (non-hydrogen) atoms. The number of halogens is 1. The summed E-state index contributed by atoms with van der Waals surface area (Å²) in [5, 5.41) is 13.9. The van der Waals surface area contributed by atoms with E-state index in [1.54, 1.807) is 11.0 Å². The molecule has 3 amide bonds. The van der Waals surface area contributed by atoms with E-state index in [0.717, 1.165) is 18.8 Å². The van der Waals surface area contributed by atoms with Crippen LogP contribution in [0, 0.1) is 17.8 Å². The van der Waals surface area contributed by atoms with Crippen LogP contribution in [0.2, 0.25) is 0 Å². The summed E-state index contributed by atoms with van der Waals surface area (Å²) < 4.78 is 19.2. The molecule has 13 heteroatoms. The van der Waals surface area contributed by atoms with Crippen LogP contribution in [0.15, 0.2) is 77.3 Å². The van der Waals surface area contributed by atoms with E-state index in [9.17, 15) is 14.7 Å². The molecule has 0 radical (unpaired) electrons. The average molecular weight is 822 g/mol. The second-order valence-electron chi connectivity index (χ2n) is 14.8. The van der Waals surface area contributed by atoms with Crippen molar-refractivity contribution in [2.45, 2.75) is 82.9 Å². The summed E-state index contributed by atoms with van der Waals surface area (Å²) in [6, 6.07) is 14.1. The number of likely N-dealkylation sites (tertiary alicyclic amines) is 1. The zero-order valence-electron chi connectivity index (χ0n) is 32.2. The number of nitrogens with zero attached hydrogens (tertiary/aromatic N) is 3. The highest BCUT2D eigenvalue weighted by atomic mass is 79.9. The van der Waals surface area contributed by atoms with E-state index < -0.39 is 65.6 Å². The van der Waals surface area contributed by atoms with E-state index in [-0.39, 0.29) is 38.0 Å². The first-order chi connectivity index (χ1) is 26.5. The number of rotatable bonds is 11. The quantitative estimate of drug-likeness (QED) is 0.239. The number of hydrogen-bond donors (Lipinski definition) is 2. The van der Waals surface area contributed by atoms with Crippen LogP contribution in [0.3, 0.4) is 0 Å². The lowest BCUT2D eigenvalue weighted by Gasteiger charge is -2.40. The Morgan fingerprint density at radius 2 is 1.71 bits per heavy atom. The van der Waals surface area contributed by atoms with Crippen molar-refractivity contribution in [1.82, 2.24) is 10.2 Å². The number of aliphatic hydroxyl groups excluding tert-OH is 1. The third-order valence-electron chi connectivity index (χ3n) is 11.7. The SMILES string of the molecule is CC[C@H](C)[C@H](CO)N1C(=O)[C@H]2[C@@H]3C(=O)O[C@H](c4ccccc4)[C@@H](COC)NC(=O)CC/C=C\CN(c4ccc(N(CC)CC)cc4)C(=O)[C@H]1[C@@]21C=C(Br)[C@@H]3O1. The Morgan fingerprint density at radius 3 is 2.35 bits per heavy atom. The Labute approximate surface area is 332 Å². The summed E-state index contributed by atoms with van der Waals surface area (Å²) >= 11 is 3.64. The number of methoxy groups -OCH3 is 1. The number of esters is 1. The lowest BCUT2D eigenvalue weighted by Crippen LogP contribution is -2.59. The molecule has 6 rings (SSSR count). The first-order valence-corrected chi connectivity index (χ1v) is 20.2. The van der Waals surface area contributed by atoms with Gasteiger partial charge in [-0.2, -0.15) is 0 Å². The Kier molecular flexibility index (Phi) is 12.9. The minimum Gasteiger partial charge on any atom is -0.455 e. The van der Waals surface area contributed by atoms with Crippen molar-refractivity contribution < 1.29 is 38.5 Å². The molecule has 0 aliphatic carbocycles. The summed E-state index contributed by atoms with van der Waals surface area (Å²) in [7, 11) is 1.51. The standard InChI is InChI=1S/C42H53BrN4O8/c1-6-26(4)32(24-48)47-38-40(51)46(29-20-18-28(19-21-29)45(7-2)8-3)22-14-10-13-17-33(49)44-31(25-53-5)36(27-15-11-9-12-16-27)54-41(52)34-35(39(47)50)42(38)23-30(43)37(34)55-42/h9-12,14-16,18-21,23,26,31-32,34-38,48H,6-8,13,17,22,24-25H2,1-5H3,(H,44,49)/b14-10-/t26-,31+,32-,34-,35+,36+,37-,38-,42+/m0/s1. The summed E-state index contributed by atoms with van der Waals surface area (Å²) in [5.41, 5.74) is 0.712. The van der Waals surface area contributed by atoms with Gasteiger partial charge in [-0.15, -0.1) is 0 Å². The topological polar surface area (TPSA) is 138 Å². The fourth-order valence-electron chi connectivity index (χ4n) is 8.68. The highest BCUT2D eigenvalue weighted by molar-refractivity contribution is 9.11. The lowest BCUT2D eigenvalue weighted by atomic mass is 9.74. The smallest absolute Gasteiger partial charge is 0.313 e. The van der Waals surface area contributed by atoms with Crippen LogP contribution in [-0.4, -0.2) is 103 Å². The molecule has 2 N–H and O–H groups in total. The molecule has 9 atom stereocenters. The van der Waals surface area contributed by atoms with Crippen LogP contribution in [0.5, 0.6) is 0 Å². The van der Waals surface area contributed by atoms with Gasteiger partial charge in [0.2, 0.25) is 11.8 Å². The minimum atomic E-state index is -1.54. The maximum Gasteiger partial charge on any atom is 0.313 e. The van der Waals surface area contributed by atoms with E-state index in [2.05, 4.69) is 40.0 Å². The number of nitrogens with one attached hydrogen (secondary N) is 1. The number of cyclic esters (lactones) is 1. The Hall–Kier alpha value is -4.04. The molecular formula is C42H53BrN4O8. The average Bonchev–Trinajstić information content (AvgIpc) is 3.79. The van der Waals surface area contributed by atoms with Crippen molar-refractivity contribution >= 4 is 51.0 Å². The number of carbonyl (C=O) groups is 4. The van der Waals surface area contributed by atoms with Crippen molar-refractivity contribution in [3.05, 3.63) is 82.9 Å². The van der Waals surface area contributed by atoms with Crippen LogP contribution in [-0.2, 0) is 33.4 Å². The number of carbonyl (C=O) groups excluding carboxylic acids is 4. The summed E-state index contributed by atoms with van der Waals surface area (Å²) in [4.78, 5) is 63.9. The van der Waals surface area contributed by atoms with Gasteiger partial charge >= 0.3 is 5.97 Å². The molecule has 2 aromatic rings. The zero-order chi connectivity index (χ0) is 39.4. The van der Waals surface area contributed by atoms with Gasteiger partial charge < -0.3 is 39.3 Å². The Morgan fingerprint density at radius 1 is 1.00 bits per heavy atom. The van der Waals surface area contributed by atoms with Gasteiger partial charge in [-0.05, 0) is 62.1 Å². The molecule has 0 saturated carbocycles. The molecule has 2 aromatic carbocycles. The fraction of sp³-hybridized carbons (Fsp3) is 0.524. The molecular weight excluding hydrogens is 768 g/mol. The lowest BCUT2D eigenvalue weighted by molar-refractivity contribution is -0.163. The van der Waals surface area contributed by atoms with Crippen LogP contribution >= 0.6 is 15.9 Å². The number of fused-ring (bicyclic) bond motifs is 2. The van der Waals surface area contributed by atoms with Gasteiger partial charge in [0.25, 0.3) is 5.91 Å². The molecule has 5 bridgehead atoms. The summed E-state index contributed by atoms with van der Waals surface area (Å²) in [5.74, 6) is -4.26. The number of ether oxygens (including phenoxy) is 3. The Balaban J connectivity index is 1.50. The van der Waals surface area contributed by atoms with Gasteiger partial charge in [0.15, 0.2) is 0 Å². The monoisotopic (exact) mass is 820 g/mol. The van der Waals surface area contributed by atoms with Crippen LogP contribution in [0.1, 0.15) is 58.6 Å². The molecule has 2 saturated heterocycles. The van der Waals surface area contributed by atoms with E-state index in [0.29, 0.717) is 28.6 Å². The van der Waals surface area contributed by atoms with E-state index in [1.807, 2.05) is 80.6 Å². The van der Waals surface area contributed by atoms with Crippen LogP contribution < -0.4 is 15.1 Å². The first kappa shape index (κ1) is 40.6. The number of benzene rings is 2. The molecule has 296 valence electrons. The van der Waals surface area contributed by atoms with Gasteiger partial charge in [0, 0.05) is 49.0 Å². The largest absolute Gasteiger partial charge is 0.455 e. The number of hydrogen-bond acceptors (Lipinski definition) is 9. The Bertz CT molecular complexity index is 1770. The van der Waals surface area contributed by atoms with Crippen molar-refractivity contribution in [2.24, 2.45) is 17.8 Å². The van der Waals surface area contributed by atoms with E-state index >= 15 is 9.59 Å². The molecule has 4 aliphatic heterocycles. The highest BCUT2D eigenvalue weighted by Gasteiger charge is 2.75. The fourth-order valence-corrected chi connectivity index (χ4v) is 9.42. The van der Waals surface area contributed by atoms with Crippen molar-refractivity contribution in [3.63, 3.8) is 0 Å². The maximum absolute atomic E-state index is 15.4. The zero-order valence-corrected chi connectivity index (χ0v) is 33.8. The highest BCUT2D eigenvalue weighted by Crippen LogP contribution is 2.59. The summed E-state index contributed by atoms with van der Waals surface area (Å²) in [6.07, 6.45) is 4.78. The minimum absolute atomic E-state index is 0.0500. The van der Waals surface area contributed by atoms with Gasteiger partial charge in [-0.1, -0.05) is 78.7 Å². The molecule has 2 fully saturated rings. The normalized spacial score (nSPS) is 30.1. The van der Waals surface area contributed by atoms with Crippen molar-refractivity contribution in [3.8, 4) is 0 Å². The molecule has 1 spiro atoms. The molecule has 12 nitrogen and oxygen atoms in total. The van der Waals surface area contributed by atoms with Gasteiger partial charge in [-0.3, -0.25) is 19.2 Å². The molecule has 0 unspecified atom stereocenters. The maximum atomic E-state index is 15.4. The molecule has 0 aromatic heterocycles. The van der Waals surface area contributed by atoms with Gasteiger partial charge in [-0.25, -0.2) is 0 Å². The van der Waals surface area contributed by atoms with Crippen LogP contribution in [0.25, 0.3) is 0 Å². The predicted molar refractivity (Wildman–Crippen MR) is 212 cm³/mol.